The molecular weight excluding hydrogens is 340 g/mol. The van der Waals surface area contributed by atoms with Gasteiger partial charge in [0.05, 0.1) is 6.10 Å². The van der Waals surface area contributed by atoms with Crippen LogP contribution >= 0.6 is 0 Å². The van der Waals surface area contributed by atoms with Crippen LogP contribution in [-0.2, 0) is 0 Å². The highest BCUT2D eigenvalue weighted by Gasteiger charge is 2.51. The quantitative estimate of drug-likeness (QED) is 0.522. The van der Waals surface area contributed by atoms with Crippen molar-refractivity contribution in [3.8, 4) is 0 Å². The van der Waals surface area contributed by atoms with E-state index in [9.17, 15) is 5.11 Å². The van der Waals surface area contributed by atoms with Gasteiger partial charge in [0.25, 0.3) is 0 Å². The van der Waals surface area contributed by atoms with Crippen LogP contribution in [0.25, 0.3) is 0 Å². The Hall–Kier alpha value is -0.820. The predicted octanol–water partition coefficient (Wildman–Crippen LogP) is 6.94. The summed E-state index contributed by atoms with van der Waals surface area (Å²) in [4.78, 5) is 0. The van der Waals surface area contributed by atoms with Crippen LogP contribution in [0.3, 0.4) is 0 Å². The Morgan fingerprint density at radius 3 is 2.54 bits per heavy atom. The molecule has 4 aliphatic rings. The Morgan fingerprint density at radius 1 is 1.00 bits per heavy atom. The molecule has 4 rings (SSSR count). The van der Waals surface area contributed by atoms with Gasteiger partial charge in [-0.05, 0) is 91.8 Å². The summed E-state index contributed by atoms with van der Waals surface area (Å²) in [6.07, 6.45) is 18.5. The summed E-state index contributed by atoms with van der Waals surface area (Å²) in [7, 11) is 0. The number of aliphatic hydroxyl groups excluding tert-OH is 1. The van der Waals surface area contributed by atoms with Gasteiger partial charge in [0.2, 0.25) is 0 Å². The van der Waals surface area contributed by atoms with Crippen molar-refractivity contribution in [2.24, 2.45) is 46.8 Å². The van der Waals surface area contributed by atoms with Crippen LogP contribution in [0.4, 0.5) is 0 Å². The molecule has 0 radical (unpaired) electrons. The SMILES string of the molecule is CC(C)C(C)/C=C/C(C)C1CCC2C3=CC=C4CC(O)CC[C@@]4(C)[C@@H]3CCC21. The number of hydrogen-bond acceptors (Lipinski definition) is 1. The van der Waals surface area contributed by atoms with E-state index in [-0.39, 0.29) is 6.10 Å². The van der Waals surface area contributed by atoms with Gasteiger partial charge < -0.3 is 5.11 Å². The Morgan fingerprint density at radius 2 is 1.79 bits per heavy atom. The van der Waals surface area contributed by atoms with Gasteiger partial charge >= 0.3 is 0 Å². The molecule has 28 heavy (non-hydrogen) atoms. The van der Waals surface area contributed by atoms with E-state index in [1.54, 1.807) is 5.57 Å². The molecule has 0 saturated heterocycles. The molecule has 1 heteroatoms. The van der Waals surface area contributed by atoms with Crippen LogP contribution in [0.2, 0.25) is 0 Å². The number of allylic oxidation sites excluding steroid dienone is 5. The first-order valence-electron chi connectivity index (χ1n) is 12.1. The zero-order valence-electron chi connectivity index (χ0n) is 18.8. The lowest BCUT2D eigenvalue weighted by Crippen LogP contribution is -2.43. The van der Waals surface area contributed by atoms with Gasteiger partial charge in [-0.2, -0.15) is 0 Å². The van der Waals surface area contributed by atoms with Gasteiger partial charge in [0.1, 0.15) is 0 Å². The Kier molecular flexibility index (Phi) is 5.69. The minimum atomic E-state index is -0.109. The maximum Gasteiger partial charge on any atom is 0.0578 e. The van der Waals surface area contributed by atoms with Gasteiger partial charge in [-0.3, -0.25) is 0 Å². The number of fused-ring (bicyclic) bond motifs is 5. The lowest BCUT2D eigenvalue weighted by molar-refractivity contribution is 0.0695. The summed E-state index contributed by atoms with van der Waals surface area (Å²) in [5.74, 6) is 5.46. The molecule has 0 heterocycles. The summed E-state index contributed by atoms with van der Waals surface area (Å²) in [6.45, 7) is 12.0. The monoisotopic (exact) mass is 382 g/mol. The van der Waals surface area contributed by atoms with Gasteiger partial charge in [-0.1, -0.05) is 70.1 Å². The lowest BCUT2D eigenvalue weighted by atomic mass is 9.53. The van der Waals surface area contributed by atoms with Crippen molar-refractivity contribution in [2.45, 2.75) is 85.7 Å². The van der Waals surface area contributed by atoms with Crippen LogP contribution < -0.4 is 0 Å². The van der Waals surface area contributed by atoms with Crippen molar-refractivity contribution in [1.29, 1.82) is 0 Å². The highest BCUT2D eigenvalue weighted by Crippen LogP contribution is 2.61. The zero-order valence-corrected chi connectivity index (χ0v) is 18.8. The highest BCUT2D eigenvalue weighted by molar-refractivity contribution is 5.38. The van der Waals surface area contributed by atoms with Gasteiger partial charge in [-0.15, -0.1) is 0 Å². The molecule has 156 valence electrons. The highest BCUT2D eigenvalue weighted by atomic mass is 16.3. The van der Waals surface area contributed by atoms with Crippen LogP contribution in [-0.4, -0.2) is 11.2 Å². The van der Waals surface area contributed by atoms with E-state index in [0.717, 1.165) is 42.4 Å². The number of hydrogen-bond donors (Lipinski definition) is 1. The van der Waals surface area contributed by atoms with Crippen LogP contribution in [0.1, 0.15) is 79.6 Å². The lowest BCUT2D eigenvalue weighted by Gasteiger charge is -2.52. The fourth-order valence-electron chi connectivity index (χ4n) is 7.08. The molecule has 3 fully saturated rings. The van der Waals surface area contributed by atoms with Crippen molar-refractivity contribution < 1.29 is 5.11 Å². The zero-order chi connectivity index (χ0) is 20.1. The van der Waals surface area contributed by atoms with E-state index in [2.05, 4.69) is 58.9 Å². The van der Waals surface area contributed by atoms with E-state index in [0.29, 0.717) is 17.3 Å². The van der Waals surface area contributed by atoms with Gasteiger partial charge in [0.15, 0.2) is 0 Å². The summed E-state index contributed by atoms with van der Waals surface area (Å²) in [6, 6.07) is 0. The third kappa shape index (κ3) is 3.47. The van der Waals surface area contributed by atoms with Gasteiger partial charge in [0, 0.05) is 0 Å². The molecule has 0 spiro atoms. The molecule has 0 bridgehead atoms. The molecule has 8 atom stereocenters. The van der Waals surface area contributed by atoms with E-state index in [1.807, 2.05) is 0 Å². The average molecular weight is 383 g/mol. The molecule has 6 unspecified atom stereocenters. The largest absolute Gasteiger partial charge is 0.393 e. The second-order valence-electron chi connectivity index (χ2n) is 11.2. The van der Waals surface area contributed by atoms with Gasteiger partial charge in [-0.25, -0.2) is 0 Å². The van der Waals surface area contributed by atoms with Crippen molar-refractivity contribution in [2.75, 3.05) is 0 Å². The second-order valence-corrected chi connectivity index (χ2v) is 11.2. The normalized spacial score (nSPS) is 42.5. The van der Waals surface area contributed by atoms with Crippen molar-refractivity contribution in [3.63, 3.8) is 0 Å². The maximum absolute atomic E-state index is 10.2. The minimum Gasteiger partial charge on any atom is -0.393 e. The Labute approximate surface area is 173 Å². The first kappa shape index (κ1) is 20.5. The molecule has 0 aromatic rings. The molecular formula is C27H42O. The predicted molar refractivity (Wildman–Crippen MR) is 119 cm³/mol. The number of aliphatic hydroxyl groups is 1. The van der Waals surface area contributed by atoms with Crippen LogP contribution in [0.5, 0.6) is 0 Å². The summed E-state index contributed by atoms with van der Waals surface area (Å²) >= 11 is 0. The van der Waals surface area contributed by atoms with E-state index in [4.69, 9.17) is 0 Å². The fourth-order valence-corrected chi connectivity index (χ4v) is 7.08. The van der Waals surface area contributed by atoms with E-state index in [1.165, 1.54) is 37.7 Å². The Balaban J connectivity index is 1.51. The molecule has 4 aliphatic carbocycles. The van der Waals surface area contributed by atoms with Crippen molar-refractivity contribution >= 4 is 0 Å². The Bertz CT molecular complexity index is 668. The molecule has 0 amide bonds. The summed E-state index contributed by atoms with van der Waals surface area (Å²) in [5, 5.41) is 10.2. The maximum atomic E-state index is 10.2. The second kappa shape index (κ2) is 7.78. The van der Waals surface area contributed by atoms with Crippen molar-refractivity contribution in [3.05, 3.63) is 35.5 Å². The summed E-state index contributed by atoms with van der Waals surface area (Å²) < 4.78 is 0. The van der Waals surface area contributed by atoms with Crippen LogP contribution in [0.15, 0.2) is 35.5 Å². The molecule has 1 nitrogen and oxygen atoms in total. The fraction of sp³-hybridized carbons (Fsp3) is 0.778. The van der Waals surface area contributed by atoms with Crippen LogP contribution in [0, 0.1) is 46.8 Å². The third-order valence-corrected chi connectivity index (χ3v) is 9.37. The topological polar surface area (TPSA) is 20.2 Å². The summed E-state index contributed by atoms with van der Waals surface area (Å²) in [5.41, 5.74) is 3.64. The van der Waals surface area contributed by atoms with Crippen molar-refractivity contribution in [1.82, 2.24) is 0 Å². The first-order valence-corrected chi connectivity index (χ1v) is 12.1. The number of rotatable bonds is 4. The third-order valence-electron chi connectivity index (χ3n) is 9.37. The molecule has 0 aliphatic heterocycles. The smallest absolute Gasteiger partial charge is 0.0578 e. The van der Waals surface area contributed by atoms with E-state index >= 15 is 0 Å². The average Bonchev–Trinajstić information content (AvgIpc) is 3.10. The standard InChI is InChI=1S/C27H42O/c1-17(2)18(3)6-7-19(4)22-10-11-24-23(22)12-13-26-25(24)9-8-20-16-21(28)14-15-27(20,26)5/h6-9,17-19,21-24,26,28H,10-16H2,1-5H3/b7-6+/t18?,19?,21?,22?,23?,24?,26-,27-/m1/s1. The minimum absolute atomic E-state index is 0.109. The molecule has 0 aromatic carbocycles. The first-order chi connectivity index (χ1) is 13.3. The van der Waals surface area contributed by atoms with E-state index < -0.39 is 0 Å². The molecule has 3 saturated carbocycles. The molecule has 1 N–H and O–H groups in total. The molecule has 0 aromatic heterocycles.